The molecule has 4 nitrogen and oxygen atoms in total. The van der Waals surface area contributed by atoms with Crippen LogP contribution in [0.3, 0.4) is 0 Å². The number of aryl methyl sites for hydroxylation is 3. The van der Waals surface area contributed by atoms with Crippen molar-refractivity contribution in [2.75, 3.05) is 11.9 Å². The van der Waals surface area contributed by atoms with Crippen LogP contribution in [-0.4, -0.2) is 18.5 Å². The minimum atomic E-state index is -0.382. The van der Waals surface area contributed by atoms with Gasteiger partial charge in [0.2, 0.25) is 0 Å². The van der Waals surface area contributed by atoms with Crippen LogP contribution < -0.4 is 5.32 Å². The molecule has 0 saturated carbocycles. The Kier molecular flexibility index (Phi) is 4.94. The quantitative estimate of drug-likeness (QED) is 0.860. The monoisotopic (exact) mass is 323 g/mol. The molecule has 0 unspecified atom stereocenters. The molecular formula is C20H21NO3. The zero-order chi connectivity index (χ0) is 16.9. The highest BCUT2D eigenvalue weighted by atomic mass is 16.5. The summed E-state index contributed by atoms with van der Waals surface area (Å²) >= 11 is 0. The zero-order valence-corrected chi connectivity index (χ0v) is 13.8. The number of carbonyl (C=O) groups excluding carboxylic acids is 2. The summed E-state index contributed by atoms with van der Waals surface area (Å²) in [5, 5.41) is 2.72. The topological polar surface area (TPSA) is 55.4 Å². The normalized spacial score (nSPS) is 12.5. The van der Waals surface area contributed by atoms with Crippen molar-refractivity contribution in [3.8, 4) is 0 Å². The summed E-state index contributed by atoms with van der Waals surface area (Å²) in [5.74, 6) is -0.713. The number of carbonyl (C=O) groups is 2. The number of amides is 1. The average Bonchev–Trinajstić information content (AvgIpc) is 3.00. The van der Waals surface area contributed by atoms with Gasteiger partial charge in [-0.15, -0.1) is 0 Å². The van der Waals surface area contributed by atoms with Gasteiger partial charge in [0.05, 0.1) is 6.42 Å². The van der Waals surface area contributed by atoms with Crippen LogP contribution in [0.1, 0.15) is 28.7 Å². The molecule has 2 aromatic rings. The van der Waals surface area contributed by atoms with Crippen LogP contribution in [0, 0.1) is 6.92 Å². The first-order chi connectivity index (χ1) is 11.6. The molecule has 1 amide bonds. The highest BCUT2D eigenvalue weighted by molar-refractivity contribution is 5.92. The van der Waals surface area contributed by atoms with Gasteiger partial charge in [0.25, 0.3) is 5.91 Å². The number of anilines is 1. The van der Waals surface area contributed by atoms with Crippen LogP contribution in [0.25, 0.3) is 0 Å². The van der Waals surface area contributed by atoms with E-state index >= 15 is 0 Å². The summed E-state index contributed by atoms with van der Waals surface area (Å²) in [5.41, 5.74) is 5.41. The van der Waals surface area contributed by atoms with Crippen molar-refractivity contribution in [3.05, 3.63) is 64.7 Å². The number of nitrogens with one attached hydrogen (secondary N) is 1. The maximum absolute atomic E-state index is 11.9. The van der Waals surface area contributed by atoms with Crippen molar-refractivity contribution in [1.82, 2.24) is 0 Å². The lowest BCUT2D eigenvalue weighted by molar-refractivity contribution is -0.146. The minimum Gasteiger partial charge on any atom is -0.455 e. The predicted octanol–water partition coefficient (Wildman–Crippen LogP) is 3.21. The second-order valence-electron chi connectivity index (χ2n) is 6.21. The average molecular weight is 323 g/mol. The predicted molar refractivity (Wildman–Crippen MR) is 92.9 cm³/mol. The second kappa shape index (κ2) is 7.30. The van der Waals surface area contributed by atoms with Crippen LogP contribution in [0.5, 0.6) is 0 Å². The lowest BCUT2D eigenvalue weighted by atomic mass is 10.0. The summed E-state index contributed by atoms with van der Waals surface area (Å²) < 4.78 is 5.08. The Morgan fingerprint density at radius 3 is 2.75 bits per heavy atom. The first-order valence-electron chi connectivity index (χ1n) is 8.23. The van der Waals surface area contributed by atoms with Crippen LogP contribution >= 0.6 is 0 Å². The van der Waals surface area contributed by atoms with Crippen molar-refractivity contribution >= 4 is 17.6 Å². The van der Waals surface area contributed by atoms with E-state index in [1.807, 2.05) is 31.2 Å². The SMILES string of the molecule is Cc1cccc(NC(=O)COC(=O)Cc2ccc3c(c2)CCC3)c1. The van der Waals surface area contributed by atoms with E-state index in [1.54, 1.807) is 6.07 Å². The van der Waals surface area contributed by atoms with Gasteiger partial charge in [0, 0.05) is 5.69 Å². The van der Waals surface area contributed by atoms with Crippen LogP contribution in [0.4, 0.5) is 5.69 Å². The summed E-state index contributed by atoms with van der Waals surface area (Å²) in [6.45, 7) is 1.68. The first kappa shape index (κ1) is 16.2. The van der Waals surface area contributed by atoms with E-state index < -0.39 is 0 Å². The molecule has 1 N–H and O–H groups in total. The summed E-state index contributed by atoms with van der Waals surface area (Å²) in [4.78, 5) is 23.8. The molecule has 24 heavy (non-hydrogen) atoms. The summed E-state index contributed by atoms with van der Waals surface area (Å²) in [6.07, 6.45) is 3.59. The van der Waals surface area contributed by atoms with Crippen LogP contribution in [0.2, 0.25) is 0 Å². The Morgan fingerprint density at radius 2 is 1.92 bits per heavy atom. The van der Waals surface area contributed by atoms with Crippen molar-refractivity contribution in [2.24, 2.45) is 0 Å². The van der Waals surface area contributed by atoms with Crippen LogP contribution in [-0.2, 0) is 33.6 Å². The van der Waals surface area contributed by atoms with E-state index in [1.165, 1.54) is 17.5 Å². The lowest BCUT2D eigenvalue weighted by Gasteiger charge is -2.08. The van der Waals surface area contributed by atoms with Gasteiger partial charge in [-0.3, -0.25) is 9.59 Å². The molecule has 0 spiro atoms. The summed E-state index contributed by atoms with van der Waals surface area (Å²) in [7, 11) is 0. The minimum absolute atomic E-state index is 0.199. The van der Waals surface area contributed by atoms with Gasteiger partial charge in [0.15, 0.2) is 6.61 Å². The van der Waals surface area contributed by atoms with E-state index in [-0.39, 0.29) is 24.9 Å². The molecule has 2 aromatic carbocycles. The van der Waals surface area contributed by atoms with Gasteiger partial charge in [-0.2, -0.15) is 0 Å². The Bertz CT molecular complexity index is 767. The highest BCUT2D eigenvalue weighted by Crippen LogP contribution is 2.23. The molecule has 1 aliphatic rings. The molecule has 0 aliphatic heterocycles. The molecule has 0 heterocycles. The largest absolute Gasteiger partial charge is 0.455 e. The maximum Gasteiger partial charge on any atom is 0.310 e. The van der Waals surface area contributed by atoms with Gasteiger partial charge in [-0.1, -0.05) is 30.3 Å². The number of ether oxygens (including phenoxy) is 1. The van der Waals surface area contributed by atoms with E-state index in [0.29, 0.717) is 5.69 Å². The summed E-state index contributed by atoms with van der Waals surface area (Å²) in [6, 6.07) is 13.6. The molecular weight excluding hydrogens is 302 g/mol. The third-order valence-corrected chi connectivity index (χ3v) is 4.18. The molecule has 4 heteroatoms. The first-order valence-corrected chi connectivity index (χ1v) is 8.23. The molecule has 0 atom stereocenters. The molecule has 0 bridgehead atoms. The zero-order valence-electron chi connectivity index (χ0n) is 13.8. The number of hydrogen-bond acceptors (Lipinski definition) is 3. The van der Waals surface area contributed by atoms with Gasteiger partial charge < -0.3 is 10.1 Å². The Morgan fingerprint density at radius 1 is 1.08 bits per heavy atom. The second-order valence-corrected chi connectivity index (χ2v) is 6.21. The fourth-order valence-electron chi connectivity index (χ4n) is 3.02. The third kappa shape index (κ3) is 4.22. The highest BCUT2D eigenvalue weighted by Gasteiger charge is 2.13. The molecule has 0 aromatic heterocycles. The third-order valence-electron chi connectivity index (χ3n) is 4.18. The number of benzene rings is 2. The Balaban J connectivity index is 1.47. The Labute approximate surface area is 141 Å². The van der Waals surface area contributed by atoms with E-state index in [0.717, 1.165) is 24.0 Å². The van der Waals surface area contributed by atoms with Crippen LogP contribution in [0.15, 0.2) is 42.5 Å². The smallest absolute Gasteiger partial charge is 0.310 e. The molecule has 124 valence electrons. The fourth-order valence-corrected chi connectivity index (χ4v) is 3.02. The Hall–Kier alpha value is -2.62. The molecule has 3 rings (SSSR count). The van der Waals surface area contributed by atoms with Gasteiger partial charge >= 0.3 is 5.97 Å². The molecule has 1 aliphatic carbocycles. The standard InChI is InChI=1S/C20H21NO3/c1-14-4-2-7-18(10-14)21-19(22)13-24-20(23)12-15-8-9-16-5-3-6-17(16)11-15/h2,4,7-11H,3,5-6,12-13H2,1H3,(H,21,22). The lowest BCUT2D eigenvalue weighted by Crippen LogP contribution is -2.21. The van der Waals surface area contributed by atoms with Gasteiger partial charge in [-0.25, -0.2) is 0 Å². The molecule has 0 saturated heterocycles. The number of rotatable bonds is 5. The number of hydrogen-bond donors (Lipinski definition) is 1. The number of fused-ring (bicyclic) bond motifs is 1. The van der Waals surface area contributed by atoms with Gasteiger partial charge in [-0.05, 0) is 60.6 Å². The van der Waals surface area contributed by atoms with Crippen molar-refractivity contribution in [1.29, 1.82) is 0 Å². The van der Waals surface area contributed by atoms with Gasteiger partial charge in [0.1, 0.15) is 0 Å². The molecule has 0 radical (unpaired) electrons. The van der Waals surface area contributed by atoms with E-state index in [2.05, 4.69) is 17.4 Å². The van der Waals surface area contributed by atoms with Crippen molar-refractivity contribution in [3.63, 3.8) is 0 Å². The molecule has 0 fully saturated rings. The van der Waals surface area contributed by atoms with E-state index in [4.69, 9.17) is 4.74 Å². The maximum atomic E-state index is 11.9. The van der Waals surface area contributed by atoms with Crippen molar-refractivity contribution in [2.45, 2.75) is 32.6 Å². The number of esters is 1. The fraction of sp³-hybridized carbons (Fsp3) is 0.300. The van der Waals surface area contributed by atoms with E-state index in [9.17, 15) is 9.59 Å². The van der Waals surface area contributed by atoms with Crippen molar-refractivity contribution < 1.29 is 14.3 Å².